The zero-order valence-corrected chi connectivity index (χ0v) is 19.9. The number of rotatable bonds is 3. The molecule has 0 bridgehead atoms. The maximum absolute atomic E-state index is 13.4. The van der Waals surface area contributed by atoms with Crippen molar-refractivity contribution >= 4 is 23.6 Å². The van der Waals surface area contributed by atoms with E-state index in [1.165, 1.54) is 13.0 Å². The summed E-state index contributed by atoms with van der Waals surface area (Å²) < 4.78 is 86.1. The molecule has 1 fully saturated rings. The molecule has 3 unspecified atom stereocenters. The molecule has 1 aliphatic carbocycles. The highest BCUT2D eigenvalue weighted by atomic mass is 19.4. The third-order valence-corrected chi connectivity index (χ3v) is 6.93. The molecule has 2 aromatic rings. The predicted octanol–water partition coefficient (Wildman–Crippen LogP) is 5.68. The number of hydrogen-bond donors (Lipinski definition) is 1. The summed E-state index contributed by atoms with van der Waals surface area (Å²) in [4.78, 5) is 39.0. The number of imide groups is 1. The highest BCUT2D eigenvalue weighted by Gasteiger charge is 2.52. The Bertz CT molecular complexity index is 1430. The van der Waals surface area contributed by atoms with Crippen LogP contribution in [0.15, 0.2) is 65.9 Å². The van der Waals surface area contributed by atoms with Gasteiger partial charge in [-0.3, -0.25) is 14.5 Å². The van der Waals surface area contributed by atoms with Gasteiger partial charge >= 0.3 is 18.4 Å². The molecule has 0 saturated carbocycles. The Morgan fingerprint density at radius 1 is 1.00 bits per heavy atom. The molecule has 0 spiro atoms. The van der Waals surface area contributed by atoms with E-state index in [4.69, 9.17) is 4.74 Å². The monoisotopic (exact) mass is 552 g/mol. The summed E-state index contributed by atoms with van der Waals surface area (Å²) >= 11 is 0. The summed E-state index contributed by atoms with van der Waals surface area (Å²) in [6, 6.07) is 6.86. The van der Waals surface area contributed by atoms with E-state index in [0.29, 0.717) is 33.9 Å². The highest BCUT2D eigenvalue weighted by Crippen LogP contribution is 2.49. The molecule has 204 valence electrons. The lowest BCUT2D eigenvalue weighted by atomic mass is 9.97. The zero-order valence-electron chi connectivity index (χ0n) is 19.9. The molecular formula is C26H18F6N2O5. The van der Waals surface area contributed by atoms with Crippen molar-refractivity contribution in [1.29, 1.82) is 0 Å². The van der Waals surface area contributed by atoms with Gasteiger partial charge in [0.25, 0.3) is 11.8 Å². The third kappa shape index (κ3) is 4.41. The first-order valence-electron chi connectivity index (χ1n) is 11.5. The van der Waals surface area contributed by atoms with Crippen molar-refractivity contribution in [3.05, 3.63) is 88.2 Å². The fourth-order valence-electron chi connectivity index (χ4n) is 5.19. The Hall–Kier alpha value is -4.29. The minimum Gasteiger partial charge on any atom is -0.474 e. The summed E-state index contributed by atoms with van der Waals surface area (Å²) in [5.74, 6) is -2.41. The molecule has 3 aliphatic rings. The third-order valence-electron chi connectivity index (χ3n) is 6.93. The van der Waals surface area contributed by atoms with Crippen molar-refractivity contribution in [3.8, 4) is 0 Å². The maximum Gasteiger partial charge on any atom is 0.416 e. The number of hydrogen-bond acceptors (Lipinski definition) is 4. The van der Waals surface area contributed by atoms with Crippen LogP contribution in [0.1, 0.15) is 35.2 Å². The minimum atomic E-state index is -5.14. The smallest absolute Gasteiger partial charge is 0.416 e. The number of halogens is 6. The Morgan fingerprint density at radius 2 is 1.62 bits per heavy atom. The lowest BCUT2D eigenvalue weighted by Crippen LogP contribution is -2.36. The molecule has 2 aliphatic heterocycles. The van der Waals surface area contributed by atoms with Crippen molar-refractivity contribution < 1.29 is 50.6 Å². The molecule has 13 heteroatoms. The lowest BCUT2D eigenvalue weighted by Gasteiger charge is -2.26. The van der Waals surface area contributed by atoms with E-state index >= 15 is 0 Å². The molecule has 0 aromatic heterocycles. The Balaban J connectivity index is 1.52. The second-order valence-corrected chi connectivity index (χ2v) is 9.30. The van der Waals surface area contributed by atoms with Crippen LogP contribution in [0.2, 0.25) is 0 Å². The van der Waals surface area contributed by atoms with E-state index in [-0.39, 0.29) is 17.2 Å². The van der Waals surface area contributed by atoms with Gasteiger partial charge in [-0.2, -0.15) is 26.3 Å². The van der Waals surface area contributed by atoms with Crippen LogP contribution in [0.25, 0.3) is 0 Å². The van der Waals surface area contributed by atoms with Crippen LogP contribution < -0.4 is 4.90 Å². The number of likely N-dealkylation sites (tertiary alicyclic amines) is 1. The van der Waals surface area contributed by atoms with Crippen molar-refractivity contribution in [1.82, 2.24) is 4.90 Å². The lowest BCUT2D eigenvalue weighted by molar-refractivity contribution is -0.143. The highest BCUT2D eigenvalue weighted by molar-refractivity contribution is 6.08. The van der Waals surface area contributed by atoms with Gasteiger partial charge in [-0.15, -0.1) is 0 Å². The summed E-state index contributed by atoms with van der Waals surface area (Å²) in [7, 11) is 0. The normalized spacial score (nSPS) is 23.8. The average Bonchev–Trinajstić information content (AvgIpc) is 3.44. The van der Waals surface area contributed by atoms with Gasteiger partial charge in [0, 0.05) is 17.2 Å². The standard InChI is InChI=1S/C26H18F6N2O5/c1-12-6-20(33(22(12)35)16-9-14(25(27,28)29)8-15(10-16)26(30,31)32)39-11-19-18-7-13-4-2-3-5-17(13)21(18)34(23(19)36)24(37)38/h2-6,8-11,18,20-21H,7H2,1H3,(H,37,38). The van der Waals surface area contributed by atoms with E-state index in [1.807, 2.05) is 0 Å². The molecule has 1 N–H and O–H groups in total. The maximum atomic E-state index is 13.4. The van der Waals surface area contributed by atoms with E-state index in [9.17, 15) is 45.8 Å². The molecule has 7 nitrogen and oxygen atoms in total. The summed E-state index contributed by atoms with van der Waals surface area (Å²) in [5, 5.41) is 9.69. The van der Waals surface area contributed by atoms with Gasteiger partial charge in [-0.1, -0.05) is 24.3 Å². The van der Waals surface area contributed by atoms with Gasteiger partial charge in [-0.05, 0) is 48.7 Å². The van der Waals surface area contributed by atoms with E-state index in [0.717, 1.165) is 11.8 Å². The number of amides is 3. The molecule has 2 heterocycles. The molecule has 3 atom stereocenters. The number of nitrogens with zero attached hydrogens (tertiary/aromatic N) is 2. The largest absolute Gasteiger partial charge is 0.474 e. The second kappa shape index (κ2) is 8.89. The number of fused-ring (bicyclic) bond motifs is 3. The number of carbonyl (C=O) groups is 3. The minimum absolute atomic E-state index is 0.0135. The summed E-state index contributed by atoms with van der Waals surface area (Å²) in [6.07, 6.45) is -10.8. The topological polar surface area (TPSA) is 87.2 Å². The van der Waals surface area contributed by atoms with E-state index in [2.05, 4.69) is 0 Å². The summed E-state index contributed by atoms with van der Waals surface area (Å²) in [6.45, 7) is 1.31. The van der Waals surface area contributed by atoms with Gasteiger partial charge < -0.3 is 9.84 Å². The SMILES string of the molecule is CC1=CC(OC=C2C(=O)N(C(=O)O)C3c4ccccc4CC23)N(c2cc(C(F)(F)F)cc(C(F)(F)F)c2)C1=O. The van der Waals surface area contributed by atoms with Gasteiger partial charge in [0.1, 0.15) is 0 Å². The van der Waals surface area contributed by atoms with Crippen molar-refractivity contribution in [3.63, 3.8) is 0 Å². The van der Waals surface area contributed by atoms with Crippen LogP contribution in [0.4, 0.5) is 36.8 Å². The van der Waals surface area contributed by atoms with Gasteiger partial charge in [0.2, 0.25) is 0 Å². The number of ether oxygens (including phenoxy) is 1. The van der Waals surface area contributed by atoms with E-state index in [1.54, 1.807) is 24.3 Å². The van der Waals surface area contributed by atoms with Crippen LogP contribution in [0.5, 0.6) is 0 Å². The number of alkyl halides is 6. The van der Waals surface area contributed by atoms with Crippen LogP contribution in [-0.2, 0) is 33.1 Å². The fraction of sp³-hybridized carbons (Fsp3) is 0.269. The second-order valence-electron chi connectivity index (χ2n) is 9.30. The van der Waals surface area contributed by atoms with Gasteiger partial charge in [0.15, 0.2) is 6.23 Å². The fourth-order valence-corrected chi connectivity index (χ4v) is 5.19. The number of carbonyl (C=O) groups excluding carboxylic acids is 2. The van der Waals surface area contributed by atoms with Crippen LogP contribution in [-0.4, -0.2) is 34.1 Å². The Morgan fingerprint density at radius 3 is 2.21 bits per heavy atom. The Labute approximate surface area is 216 Å². The first-order valence-corrected chi connectivity index (χ1v) is 11.5. The predicted molar refractivity (Wildman–Crippen MR) is 122 cm³/mol. The van der Waals surface area contributed by atoms with Crippen molar-refractivity contribution in [2.45, 2.75) is 38.0 Å². The molecule has 39 heavy (non-hydrogen) atoms. The molecule has 0 radical (unpaired) electrons. The van der Waals surface area contributed by atoms with Crippen molar-refractivity contribution in [2.24, 2.45) is 5.92 Å². The molecule has 3 amide bonds. The van der Waals surface area contributed by atoms with Gasteiger partial charge in [0.05, 0.1) is 29.0 Å². The van der Waals surface area contributed by atoms with Crippen LogP contribution >= 0.6 is 0 Å². The first-order chi connectivity index (χ1) is 18.2. The number of carboxylic acid groups (broad SMARTS) is 1. The zero-order chi connectivity index (χ0) is 28.4. The Kier molecular flexibility index (Phi) is 6.00. The molecular weight excluding hydrogens is 534 g/mol. The van der Waals surface area contributed by atoms with E-state index < -0.39 is 65.3 Å². The molecule has 2 aromatic carbocycles. The summed E-state index contributed by atoms with van der Waals surface area (Å²) in [5.41, 5.74) is -2.56. The first kappa shape index (κ1) is 26.3. The number of benzene rings is 2. The van der Waals surface area contributed by atoms with Crippen molar-refractivity contribution in [2.75, 3.05) is 4.90 Å². The average molecular weight is 552 g/mol. The van der Waals surface area contributed by atoms with Gasteiger partial charge in [-0.25, -0.2) is 9.69 Å². The quantitative estimate of drug-likeness (QED) is 0.301. The van der Waals surface area contributed by atoms with Crippen LogP contribution in [0.3, 0.4) is 0 Å². The molecule has 5 rings (SSSR count). The van der Waals surface area contributed by atoms with Crippen LogP contribution in [0, 0.1) is 5.92 Å². The number of anilines is 1. The molecule has 1 saturated heterocycles.